The molecular formula is C16H21NO2S2. The van der Waals surface area contributed by atoms with Crippen molar-refractivity contribution in [2.75, 3.05) is 26.5 Å². The molecule has 0 spiro atoms. The van der Waals surface area contributed by atoms with Crippen LogP contribution >= 0.6 is 23.1 Å². The Kier molecular flexibility index (Phi) is 6.42. The van der Waals surface area contributed by atoms with Crippen molar-refractivity contribution in [2.45, 2.75) is 17.2 Å². The van der Waals surface area contributed by atoms with Crippen molar-refractivity contribution in [3.63, 3.8) is 0 Å². The fraction of sp³-hybridized carbons (Fsp3) is 0.375. The lowest BCUT2D eigenvalue weighted by atomic mass is 10.1. The van der Waals surface area contributed by atoms with Gasteiger partial charge in [0.1, 0.15) is 0 Å². The van der Waals surface area contributed by atoms with Crippen molar-refractivity contribution in [2.24, 2.45) is 0 Å². The quantitative estimate of drug-likeness (QED) is 0.737. The third-order valence-corrected chi connectivity index (χ3v) is 5.37. The molecule has 2 aromatic rings. The van der Waals surface area contributed by atoms with Crippen LogP contribution in [0.2, 0.25) is 0 Å². The highest BCUT2D eigenvalue weighted by Gasteiger charge is 2.14. The van der Waals surface area contributed by atoms with E-state index < -0.39 is 0 Å². The Morgan fingerprint density at radius 1 is 1.19 bits per heavy atom. The lowest BCUT2D eigenvalue weighted by molar-refractivity contribution is 0.354. The van der Waals surface area contributed by atoms with Gasteiger partial charge < -0.3 is 14.8 Å². The van der Waals surface area contributed by atoms with Gasteiger partial charge in [-0.1, -0.05) is 19.1 Å². The number of hydrogen-bond donors (Lipinski definition) is 1. The zero-order valence-electron chi connectivity index (χ0n) is 12.6. The number of benzene rings is 1. The standard InChI is InChI=1S/C16H21NO2S2/c1-4-17-13(11-21-16-6-5-9-20-16)12-7-8-14(18-2)15(10-12)19-3/h5-10,13,17H,4,11H2,1-3H3. The van der Waals surface area contributed by atoms with Gasteiger partial charge in [-0.05, 0) is 35.7 Å². The van der Waals surface area contributed by atoms with Crippen LogP contribution < -0.4 is 14.8 Å². The van der Waals surface area contributed by atoms with Crippen molar-refractivity contribution < 1.29 is 9.47 Å². The number of methoxy groups -OCH3 is 2. The third kappa shape index (κ3) is 4.40. The molecule has 0 aliphatic heterocycles. The molecule has 2 rings (SSSR count). The van der Waals surface area contributed by atoms with Crippen LogP contribution in [0.15, 0.2) is 39.9 Å². The van der Waals surface area contributed by atoms with Crippen molar-refractivity contribution in [1.29, 1.82) is 0 Å². The molecular weight excluding hydrogens is 302 g/mol. The fourth-order valence-electron chi connectivity index (χ4n) is 2.10. The summed E-state index contributed by atoms with van der Waals surface area (Å²) in [4.78, 5) is 0. The third-order valence-electron chi connectivity index (χ3n) is 3.15. The van der Waals surface area contributed by atoms with Crippen LogP contribution in [0.5, 0.6) is 11.5 Å². The maximum absolute atomic E-state index is 5.40. The summed E-state index contributed by atoms with van der Waals surface area (Å²) >= 11 is 3.66. The Labute approximate surface area is 134 Å². The maximum atomic E-state index is 5.40. The van der Waals surface area contributed by atoms with Crippen LogP contribution in [0.3, 0.4) is 0 Å². The van der Waals surface area contributed by atoms with Gasteiger partial charge in [0.05, 0.1) is 18.4 Å². The smallest absolute Gasteiger partial charge is 0.161 e. The molecule has 1 aromatic heterocycles. The molecule has 1 unspecified atom stereocenters. The number of nitrogens with one attached hydrogen (secondary N) is 1. The van der Waals surface area contributed by atoms with Crippen molar-refractivity contribution in [3.05, 3.63) is 41.3 Å². The minimum atomic E-state index is 0.293. The lowest BCUT2D eigenvalue weighted by Gasteiger charge is -2.19. The molecule has 5 heteroatoms. The molecule has 0 radical (unpaired) electrons. The van der Waals surface area contributed by atoms with E-state index in [1.165, 1.54) is 9.77 Å². The molecule has 0 amide bonds. The van der Waals surface area contributed by atoms with Crippen LogP contribution in [0.1, 0.15) is 18.5 Å². The van der Waals surface area contributed by atoms with E-state index in [0.29, 0.717) is 6.04 Å². The summed E-state index contributed by atoms with van der Waals surface area (Å²) in [6, 6.07) is 10.7. The Hall–Kier alpha value is -1.17. The minimum absolute atomic E-state index is 0.293. The van der Waals surface area contributed by atoms with E-state index in [1.807, 2.05) is 17.8 Å². The molecule has 3 nitrogen and oxygen atoms in total. The molecule has 0 aliphatic carbocycles. The van der Waals surface area contributed by atoms with Crippen LogP contribution in [-0.2, 0) is 0 Å². The Morgan fingerprint density at radius 3 is 2.62 bits per heavy atom. The first-order chi connectivity index (χ1) is 10.3. The largest absolute Gasteiger partial charge is 0.493 e. The van der Waals surface area contributed by atoms with Crippen molar-refractivity contribution in [1.82, 2.24) is 5.32 Å². The summed E-state index contributed by atoms with van der Waals surface area (Å²) in [6.07, 6.45) is 0. The summed E-state index contributed by atoms with van der Waals surface area (Å²) in [5, 5.41) is 5.65. The molecule has 0 bridgehead atoms. The highest BCUT2D eigenvalue weighted by molar-refractivity contribution is 8.01. The minimum Gasteiger partial charge on any atom is -0.493 e. The second-order valence-corrected chi connectivity index (χ2v) is 6.74. The summed E-state index contributed by atoms with van der Waals surface area (Å²) in [5.41, 5.74) is 1.22. The molecule has 0 saturated carbocycles. The molecule has 0 aliphatic rings. The monoisotopic (exact) mass is 323 g/mol. The molecule has 0 fully saturated rings. The van der Waals surface area contributed by atoms with Gasteiger partial charge in [-0.15, -0.1) is 23.1 Å². The topological polar surface area (TPSA) is 30.5 Å². The number of rotatable bonds is 8. The second kappa shape index (κ2) is 8.32. The molecule has 1 atom stereocenters. The predicted molar refractivity (Wildman–Crippen MR) is 91.0 cm³/mol. The van der Waals surface area contributed by atoms with Gasteiger partial charge >= 0.3 is 0 Å². The molecule has 114 valence electrons. The molecule has 1 N–H and O–H groups in total. The Morgan fingerprint density at radius 2 is 2.00 bits per heavy atom. The van der Waals surface area contributed by atoms with Gasteiger partial charge in [-0.2, -0.15) is 0 Å². The first-order valence-electron chi connectivity index (χ1n) is 6.90. The second-order valence-electron chi connectivity index (χ2n) is 4.47. The van der Waals surface area contributed by atoms with Gasteiger partial charge in [0, 0.05) is 11.8 Å². The Balaban J connectivity index is 2.13. The van der Waals surface area contributed by atoms with Crippen LogP contribution in [-0.4, -0.2) is 26.5 Å². The summed E-state index contributed by atoms with van der Waals surface area (Å²) < 4.78 is 12.0. The molecule has 1 aromatic carbocycles. The molecule has 21 heavy (non-hydrogen) atoms. The number of thiophene rings is 1. The maximum Gasteiger partial charge on any atom is 0.161 e. The fourth-order valence-corrected chi connectivity index (χ4v) is 4.01. The van der Waals surface area contributed by atoms with Crippen molar-refractivity contribution in [3.8, 4) is 11.5 Å². The predicted octanol–water partition coefficient (Wildman–Crippen LogP) is 4.21. The highest BCUT2D eigenvalue weighted by Crippen LogP contribution is 2.33. The average molecular weight is 323 g/mol. The number of thioether (sulfide) groups is 1. The van der Waals surface area contributed by atoms with Gasteiger partial charge in [0.15, 0.2) is 11.5 Å². The zero-order valence-corrected chi connectivity index (χ0v) is 14.2. The number of ether oxygens (including phenoxy) is 2. The lowest BCUT2D eigenvalue weighted by Crippen LogP contribution is -2.22. The first kappa shape index (κ1) is 16.2. The SMILES string of the molecule is CCNC(CSc1cccs1)c1ccc(OC)c(OC)c1. The van der Waals surface area contributed by atoms with E-state index in [9.17, 15) is 0 Å². The van der Waals surface area contributed by atoms with E-state index in [-0.39, 0.29) is 0 Å². The van der Waals surface area contributed by atoms with Crippen LogP contribution in [0, 0.1) is 0 Å². The van der Waals surface area contributed by atoms with E-state index >= 15 is 0 Å². The first-order valence-corrected chi connectivity index (χ1v) is 8.76. The zero-order chi connectivity index (χ0) is 15.1. The Bertz CT molecular complexity index is 543. The summed E-state index contributed by atoms with van der Waals surface area (Å²) in [5.74, 6) is 2.53. The van der Waals surface area contributed by atoms with E-state index in [0.717, 1.165) is 23.8 Å². The van der Waals surface area contributed by atoms with E-state index in [4.69, 9.17) is 9.47 Å². The van der Waals surface area contributed by atoms with E-state index in [1.54, 1.807) is 25.6 Å². The average Bonchev–Trinajstić information content (AvgIpc) is 3.04. The van der Waals surface area contributed by atoms with Gasteiger partial charge in [0.2, 0.25) is 0 Å². The molecule has 1 heterocycles. The van der Waals surface area contributed by atoms with Gasteiger partial charge in [0.25, 0.3) is 0 Å². The normalized spacial score (nSPS) is 12.1. The number of hydrogen-bond acceptors (Lipinski definition) is 5. The van der Waals surface area contributed by atoms with Gasteiger partial charge in [-0.25, -0.2) is 0 Å². The van der Waals surface area contributed by atoms with Gasteiger partial charge in [-0.3, -0.25) is 0 Å². The summed E-state index contributed by atoms with van der Waals surface area (Å²) in [7, 11) is 3.33. The van der Waals surface area contributed by atoms with Crippen LogP contribution in [0.25, 0.3) is 0 Å². The van der Waals surface area contributed by atoms with Crippen molar-refractivity contribution >= 4 is 23.1 Å². The van der Waals surface area contributed by atoms with Crippen LogP contribution in [0.4, 0.5) is 0 Å². The molecule has 0 saturated heterocycles. The van der Waals surface area contributed by atoms with E-state index in [2.05, 4.69) is 41.9 Å². The summed E-state index contributed by atoms with van der Waals surface area (Å²) in [6.45, 7) is 3.06. The highest BCUT2D eigenvalue weighted by atomic mass is 32.2.